The second kappa shape index (κ2) is 9.83. The first-order valence-electron chi connectivity index (χ1n) is 8.81. The van der Waals surface area contributed by atoms with Crippen molar-refractivity contribution in [2.24, 2.45) is 10.8 Å². The Morgan fingerprint density at radius 1 is 0.526 bits per heavy atom. The van der Waals surface area contributed by atoms with Crippen molar-refractivity contribution in [3.8, 4) is 0 Å². The summed E-state index contributed by atoms with van der Waals surface area (Å²) in [5.74, 6) is 0. The van der Waals surface area contributed by atoms with Gasteiger partial charge in [0.25, 0.3) is 0 Å². The zero-order chi connectivity index (χ0) is 14.8. The van der Waals surface area contributed by atoms with Crippen molar-refractivity contribution in [1.29, 1.82) is 0 Å². The molecule has 0 unspecified atom stereocenters. The maximum atomic E-state index is 2.43. The highest BCUT2D eigenvalue weighted by Gasteiger charge is 2.31. The summed E-state index contributed by atoms with van der Waals surface area (Å²) in [7, 11) is 0. The van der Waals surface area contributed by atoms with E-state index < -0.39 is 0 Å². The number of rotatable bonds is 11. The van der Waals surface area contributed by atoms with E-state index in [1.807, 2.05) is 0 Å². The van der Waals surface area contributed by atoms with Gasteiger partial charge in [0, 0.05) is 0 Å². The van der Waals surface area contributed by atoms with Crippen LogP contribution in [0.2, 0.25) is 0 Å². The average molecular weight is 269 g/mol. The molecule has 0 aliphatic rings. The van der Waals surface area contributed by atoms with E-state index in [0.29, 0.717) is 10.8 Å². The van der Waals surface area contributed by atoms with Gasteiger partial charge in [0.15, 0.2) is 0 Å². The fourth-order valence-electron chi connectivity index (χ4n) is 2.43. The topological polar surface area (TPSA) is 0 Å². The normalized spacial score (nSPS) is 12.9. The van der Waals surface area contributed by atoms with Crippen LogP contribution in [0.3, 0.4) is 0 Å². The van der Waals surface area contributed by atoms with Crippen LogP contribution in [-0.4, -0.2) is 0 Å². The molecular formula is C19H40. The third-order valence-electron chi connectivity index (χ3n) is 5.19. The average Bonchev–Trinajstić information content (AvgIpc) is 2.30. The summed E-state index contributed by atoms with van der Waals surface area (Å²) in [6, 6.07) is 0. The molecule has 0 atom stereocenters. The van der Waals surface area contributed by atoms with E-state index in [9.17, 15) is 0 Å². The molecule has 0 aliphatic heterocycles. The minimum absolute atomic E-state index is 0.437. The predicted octanol–water partition coefficient (Wildman–Crippen LogP) is 7.37. The number of hydrogen-bond donors (Lipinski definition) is 0. The molecule has 0 spiro atoms. The standard InChI is InChI=1S/C19H40/c1-7-8-9-10-11-12-13-14-15-16-17-19(5,6)18(2,3)4/h7-17H2,1-6H3. The summed E-state index contributed by atoms with van der Waals surface area (Å²) in [5.41, 5.74) is 0.916. The molecule has 0 rings (SSSR count). The monoisotopic (exact) mass is 268 g/mol. The Morgan fingerprint density at radius 3 is 1.26 bits per heavy atom. The number of hydrogen-bond acceptors (Lipinski definition) is 0. The first-order chi connectivity index (χ1) is 8.81. The van der Waals surface area contributed by atoms with Gasteiger partial charge >= 0.3 is 0 Å². The molecule has 0 radical (unpaired) electrons. The van der Waals surface area contributed by atoms with Gasteiger partial charge in [-0.3, -0.25) is 0 Å². The molecule has 0 heteroatoms. The van der Waals surface area contributed by atoms with E-state index in [1.165, 1.54) is 70.6 Å². The zero-order valence-corrected chi connectivity index (χ0v) is 14.8. The smallest absolute Gasteiger partial charge is 0.0306 e. The predicted molar refractivity (Wildman–Crippen MR) is 89.7 cm³/mol. The highest BCUT2D eigenvalue weighted by Crippen LogP contribution is 2.41. The minimum atomic E-state index is 0.437. The lowest BCUT2D eigenvalue weighted by Crippen LogP contribution is -2.29. The van der Waals surface area contributed by atoms with Crippen LogP contribution in [0.5, 0.6) is 0 Å². The van der Waals surface area contributed by atoms with Gasteiger partial charge in [0.1, 0.15) is 0 Å². The van der Waals surface area contributed by atoms with E-state index in [1.54, 1.807) is 0 Å². The largest absolute Gasteiger partial charge is 0.0654 e. The molecule has 0 heterocycles. The third kappa shape index (κ3) is 9.52. The summed E-state index contributed by atoms with van der Waals surface area (Å²) in [4.78, 5) is 0. The maximum Gasteiger partial charge on any atom is -0.0306 e. The van der Waals surface area contributed by atoms with Crippen molar-refractivity contribution >= 4 is 0 Å². The van der Waals surface area contributed by atoms with E-state index in [4.69, 9.17) is 0 Å². The fraction of sp³-hybridized carbons (Fsp3) is 1.00. The van der Waals surface area contributed by atoms with E-state index in [-0.39, 0.29) is 0 Å². The first-order valence-corrected chi connectivity index (χ1v) is 8.81. The summed E-state index contributed by atoms with van der Waals surface area (Å²) in [5, 5.41) is 0. The molecule has 0 saturated heterocycles. The van der Waals surface area contributed by atoms with Gasteiger partial charge in [0.2, 0.25) is 0 Å². The van der Waals surface area contributed by atoms with Crippen molar-refractivity contribution in [3.05, 3.63) is 0 Å². The minimum Gasteiger partial charge on any atom is -0.0654 e. The fourth-order valence-corrected chi connectivity index (χ4v) is 2.43. The number of unbranched alkanes of at least 4 members (excludes halogenated alkanes) is 9. The van der Waals surface area contributed by atoms with Gasteiger partial charge in [-0.05, 0) is 17.3 Å². The van der Waals surface area contributed by atoms with Gasteiger partial charge in [-0.25, -0.2) is 0 Å². The lowest BCUT2D eigenvalue weighted by Gasteiger charge is -2.39. The second-order valence-corrected chi connectivity index (χ2v) is 8.07. The van der Waals surface area contributed by atoms with E-state index >= 15 is 0 Å². The Bertz CT molecular complexity index is 195. The van der Waals surface area contributed by atoms with Crippen molar-refractivity contribution < 1.29 is 0 Å². The van der Waals surface area contributed by atoms with Gasteiger partial charge in [-0.15, -0.1) is 0 Å². The molecule has 0 aliphatic carbocycles. The Kier molecular flexibility index (Phi) is 9.83. The van der Waals surface area contributed by atoms with Gasteiger partial charge in [-0.1, -0.05) is 106 Å². The molecule has 0 N–H and O–H groups in total. The summed E-state index contributed by atoms with van der Waals surface area (Å²) in [6.45, 7) is 14.3. The SMILES string of the molecule is CCCCCCCCCCCCC(C)(C)C(C)(C)C. The van der Waals surface area contributed by atoms with Crippen molar-refractivity contribution in [2.75, 3.05) is 0 Å². The molecule has 0 bridgehead atoms. The van der Waals surface area contributed by atoms with Crippen LogP contribution < -0.4 is 0 Å². The van der Waals surface area contributed by atoms with E-state index in [2.05, 4.69) is 41.5 Å². The highest BCUT2D eigenvalue weighted by molar-refractivity contribution is 4.81. The lowest BCUT2D eigenvalue weighted by atomic mass is 9.67. The van der Waals surface area contributed by atoms with Crippen LogP contribution in [0.1, 0.15) is 112 Å². The molecule has 0 fully saturated rings. The van der Waals surface area contributed by atoms with Gasteiger partial charge in [-0.2, -0.15) is 0 Å². The van der Waals surface area contributed by atoms with Gasteiger partial charge < -0.3 is 0 Å². The molecule has 0 aromatic heterocycles. The molecule has 0 saturated carbocycles. The van der Waals surface area contributed by atoms with Crippen LogP contribution in [-0.2, 0) is 0 Å². The zero-order valence-electron chi connectivity index (χ0n) is 14.8. The molecule has 19 heavy (non-hydrogen) atoms. The molecule has 0 aromatic rings. The van der Waals surface area contributed by atoms with Crippen LogP contribution in [0, 0.1) is 10.8 Å². The quantitative estimate of drug-likeness (QED) is 0.343. The first kappa shape index (κ1) is 19.0. The Morgan fingerprint density at radius 2 is 0.895 bits per heavy atom. The molecule has 0 nitrogen and oxygen atoms in total. The second-order valence-electron chi connectivity index (χ2n) is 8.07. The van der Waals surface area contributed by atoms with Crippen LogP contribution in [0.25, 0.3) is 0 Å². The lowest BCUT2D eigenvalue weighted by molar-refractivity contribution is 0.115. The van der Waals surface area contributed by atoms with E-state index in [0.717, 1.165) is 0 Å². The van der Waals surface area contributed by atoms with Crippen molar-refractivity contribution in [2.45, 2.75) is 112 Å². The summed E-state index contributed by atoms with van der Waals surface area (Å²) < 4.78 is 0. The van der Waals surface area contributed by atoms with Crippen molar-refractivity contribution in [3.63, 3.8) is 0 Å². The Labute approximate surface area is 123 Å². The Hall–Kier alpha value is 0. The van der Waals surface area contributed by atoms with Crippen molar-refractivity contribution in [1.82, 2.24) is 0 Å². The summed E-state index contributed by atoms with van der Waals surface area (Å²) >= 11 is 0. The summed E-state index contributed by atoms with van der Waals surface area (Å²) in [6.07, 6.45) is 15.8. The molecule has 0 aromatic carbocycles. The molecular weight excluding hydrogens is 228 g/mol. The third-order valence-corrected chi connectivity index (χ3v) is 5.19. The van der Waals surface area contributed by atoms with Crippen LogP contribution in [0.15, 0.2) is 0 Å². The van der Waals surface area contributed by atoms with Crippen LogP contribution >= 0.6 is 0 Å². The molecule has 0 amide bonds. The Balaban J connectivity index is 3.37. The highest BCUT2D eigenvalue weighted by atomic mass is 14.4. The van der Waals surface area contributed by atoms with Crippen LogP contribution in [0.4, 0.5) is 0 Å². The maximum absolute atomic E-state index is 2.43. The van der Waals surface area contributed by atoms with Gasteiger partial charge in [0.05, 0.1) is 0 Å². The molecule has 116 valence electrons.